The molecule has 0 spiro atoms. The van der Waals surface area contributed by atoms with Crippen LogP contribution in [0.2, 0.25) is 0 Å². The molecule has 1 saturated carbocycles. The van der Waals surface area contributed by atoms with E-state index in [-0.39, 0.29) is 11.9 Å². The van der Waals surface area contributed by atoms with Gasteiger partial charge in [-0.1, -0.05) is 0 Å². The average molecular weight is 262 g/mol. The van der Waals surface area contributed by atoms with Crippen molar-refractivity contribution >= 4 is 17.2 Å². The van der Waals surface area contributed by atoms with Crippen LogP contribution in [0.25, 0.3) is 10.8 Å². The van der Waals surface area contributed by atoms with Crippen LogP contribution in [0.3, 0.4) is 0 Å². The Morgan fingerprint density at radius 2 is 2.44 bits per heavy atom. The molecule has 1 unspecified atom stereocenters. The molecule has 1 amide bonds. The van der Waals surface area contributed by atoms with Crippen molar-refractivity contribution in [2.75, 3.05) is 0 Å². The molecule has 0 saturated heterocycles. The molecule has 5 heteroatoms. The van der Waals surface area contributed by atoms with Gasteiger partial charge < -0.3 is 9.73 Å². The second-order valence-corrected chi connectivity index (χ2v) is 5.47. The summed E-state index contributed by atoms with van der Waals surface area (Å²) in [7, 11) is 0. The van der Waals surface area contributed by atoms with Crippen molar-refractivity contribution in [2.24, 2.45) is 5.92 Å². The third kappa shape index (κ3) is 2.31. The monoisotopic (exact) mass is 262 g/mol. The maximum Gasteiger partial charge on any atom is 0.270 e. The van der Waals surface area contributed by atoms with Crippen molar-refractivity contribution in [1.82, 2.24) is 10.3 Å². The Kier molecular flexibility index (Phi) is 2.91. The lowest BCUT2D eigenvalue weighted by atomic mass is 10.2. The normalized spacial score (nSPS) is 16.5. The fraction of sp³-hybridized carbons (Fsp3) is 0.385. The summed E-state index contributed by atoms with van der Waals surface area (Å²) in [4.78, 5) is 16.3. The Hall–Kier alpha value is -1.62. The van der Waals surface area contributed by atoms with Crippen molar-refractivity contribution in [1.29, 1.82) is 0 Å². The Balaban J connectivity index is 1.70. The molecule has 94 valence electrons. The molecule has 2 aromatic rings. The molecule has 2 aromatic heterocycles. The zero-order valence-electron chi connectivity index (χ0n) is 10.1. The van der Waals surface area contributed by atoms with Gasteiger partial charge in [0.25, 0.3) is 5.91 Å². The fourth-order valence-electron chi connectivity index (χ4n) is 1.89. The number of furan rings is 1. The summed E-state index contributed by atoms with van der Waals surface area (Å²) in [5.41, 5.74) is 0.471. The molecule has 0 bridgehead atoms. The van der Waals surface area contributed by atoms with Crippen molar-refractivity contribution in [3.63, 3.8) is 0 Å². The van der Waals surface area contributed by atoms with Crippen molar-refractivity contribution in [3.05, 3.63) is 29.5 Å². The fourth-order valence-corrected chi connectivity index (χ4v) is 2.65. The minimum atomic E-state index is -0.0940. The first-order valence-corrected chi connectivity index (χ1v) is 6.92. The molecule has 0 aliphatic heterocycles. The van der Waals surface area contributed by atoms with E-state index < -0.39 is 0 Å². The molecule has 0 radical (unpaired) electrons. The molecule has 1 aliphatic carbocycles. The van der Waals surface area contributed by atoms with Gasteiger partial charge in [-0.3, -0.25) is 4.79 Å². The first-order valence-electron chi connectivity index (χ1n) is 6.04. The van der Waals surface area contributed by atoms with E-state index in [2.05, 4.69) is 17.2 Å². The molecular weight excluding hydrogens is 248 g/mol. The van der Waals surface area contributed by atoms with Gasteiger partial charge in [0.2, 0.25) is 0 Å². The first kappa shape index (κ1) is 11.5. The van der Waals surface area contributed by atoms with Crippen molar-refractivity contribution in [2.45, 2.75) is 25.8 Å². The number of hydrogen-bond acceptors (Lipinski definition) is 4. The van der Waals surface area contributed by atoms with Crippen LogP contribution in [0.15, 0.2) is 28.2 Å². The summed E-state index contributed by atoms with van der Waals surface area (Å²) in [6.45, 7) is 2.05. The zero-order chi connectivity index (χ0) is 12.5. The van der Waals surface area contributed by atoms with Gasteiger partial charge in [0, 0.05) is 11.4 Å². The number of carbonyl (C=O) groups excluding carboxylic acids is 1. The zero-order valence-corrected chi connectivity index (χ0v) is 10.9. The summed E-state index contributed by atoms with van der Waals surface area (Å²) in [6.07, 6.45) is 4.04. The molecule has 1 aliphatic rings. The maximum absolute atomic E-state index is 12.0. The minimum absolute atomic E-state index is 0.0940. The number of aromatic nitrogens is 1. The van der Waals surface area contributed by atoms with E-state index in [0.29, 0.717) is 17.4 Å². The van der Waals surface area contributed by atoms with Crippen molar-refractivity contribution in [3.8, 4) is 10.8 Å². The van der Waals surface area contributed by atoms with E-state index in [4.69, 9.17) is 4.42 Å². The van der Waals surface area contributed by atoms with Gasteiger partial charge in [-0.25, -0.2) is 4.98 Å². The lowest BCUT2D eigenvalue weighted by Gasteiger charge is -2.10. The van der Waals surface area contributed by atoms with Crippen molar-refractivity contribution < 1.29 is 9.21 Å². The highest BCUT2D eigenvalue weighted by Crippen LogP contribution is 2.32. The topological polar surface area (TPSA) is 55.1 Å². The number of rotatable bonds is 4. The Bertz CT molecular complexity index is 543. The average Bonchev–Trinajstić information content (AvgIpc) is 2.89. The molecule has 3 rings (SSSR count). The number of carbonyl (C=O) groups is 1. The van der Waals surface area contributed by atoms with Crippen LogP contribution < -0.4 is 5.32 Å². The summed E-state index contributed by atoms with van der Waals surface area (Å²) >= 11 is 1.42. The van der Waals surface area contributed by atoms with Gasteiger partial charge in [-0.2, -0.15) is 0 Å². The number of amides is 1. The highest BCUT2D eigenvalue weighted by molar-refractivity contribution is 7.13. The van der Waals surface area contributed by atoms with Crippen LogP contribution in [-0.2, 0) is 0 Å². The van der Waals surface area contributed by atoms with Gasteiger partial charge in [0.15, 0.2) is 10.8 Å². The van der Waals surface area contributed by atoms with E-state index in [1.807, 2.05) is 12.1 Å². The summed E-state index contributed by atoms with van der Waals surface area (Å²) in [5, 5.41) is 5.50. The van der Waals surface area contributed by atoms with E-state index in [9.17, 15) is 4.79 Å². The second-order valence-electron chi connectivity index (χ2n) is 4.61. The van der Waals surface area contributed by atoms with Gasteiger partial charge in [-0.05, 0) is 37.8 Å². The van der Waals surface area contributed by atoms with Gasteiger partial charge in [0.1, 0.15) is 5.69 Å². The van der Waals surface area contributed by atoms with Crippen LogP contribution in [0.5, 0.6) is 0 Å². The molecule has 1 fully saturated rings. The van der Waals surface area contributed by atoms with Crippen LogP contribution in [0, 0.1) is 5.92 Å². The number of hydrogen-bond donors (Lipinski definition) is 1. The molecular formula is C13H14N2O2S. The molecule has 4 nitrogen and oxygen atoms in total. The van der Waals surface area contributed by atoms with Crippen LogP contribution in [0.1, 0.15) is 30.3 Å². The van der Waals surface area contributed by atoms with E-state index >= 15 is 0 Å². The second kappa shape index (κ2) is 4.57. The lowest BCUT2D eigenvalue weighted by Crippen LogP contribution is -2.34. The highest BCUT2D eigenvalue weighted by Gasteiger charge is 2.29. The maximum atomic E-state index is 12.0. The predicted octanol–water partition coefficient (Wildman–Crippen LogP) is 2.93. The molecule has 0 aromatic carbocycles. The van der Waals surface area contributed by atoms with Crippen LogP contribution >= 0.6 is 11.3 Å². The summed E-state index contributed by atoms with van der Waals surface area (Å²) in [6, 6.07) is 3.89. The Morgan fingerprint density at radius 1 is 1.61 bits per heavy atom. The summed E-state index contributed by atoms with van der Waals surface area (Å²) in [5.74, 6) is 1.26. The first-order chi connectivity index (χ1) is 8.74. The van der Waals surface area contributed by atoms with Crippen LogP contribution in [0.4, 0.5) is 0 Å². The van der Waals surface area contributed by atoms with E-state index in [1.54, 1.807) is 11.6 Å². The SMILES string of the molecule is CC(NC(=O)c1csc(-c2ccco2)n1)C1CC1. The van der Waals surface area contributed by atoms with Gasteiger partial charge in [-0.15, -0.1) is 11.3 Å². The Labute approximate surface area is 109 Å². The number of nitrogens with one attached hydrogen (secondary N) is 1. The van der Waals surface area contributed by atoms with Gasteiger partial charge in [0.05, 0.1) is 6.26 Å². The number of nitrogens with zero attached hydrogens (tertiary/aromatic N) is 1. The predicted molar refractivity (Wildman–Crippen MR) is 69.5 cm³/mol. The minimum Gasteiger partial charge on any atom is -0.462 e. The molecule has 2 heterocycles. The highest BCUT2D eigenvalue weighted by atomic mass is 32.1. The van der Waals surface area contributed by atoms with E-state index in [1.165, 1.54) is 24.2 Å². The molecule has 1 atom stereocenters. The third-order valence-corrected chi connectivity index (χ3v) is 4.01. The summed E-state index contributed by atoms with van der Waals surface area (Å²) < 4.78 is 5.26. The van der Waals surface area contributed by atoms with Gasteiger partial charge >= 0.3 is 0 Å². The molecule has 1 N–H and O–H groups in total. The standard InChI is InChI=1S/C13H14N2O2S/c1-8(9-4-5-9)14-12(16)10-7-18-13(15-10)11-3-2-6-17-11/h2-3,6-9H,4-5H2,1H3,(H,14,16). The lowest BCUT2D eigenvalue weighted by molar-refractivity contribution is 0.0931. The quantitative estimate of drug-likeness (QED) is 0.921. The smallest absolute Gasteiger partial charge is 0.270 e. The van der Waals surface area contributed by atoms with Crippen LogP contribution in [-0.4, -0.2) is 16.9 Å². The Morgan fingerprint density at radius 3 is 3.11 bits per heavy atom. The van der Waals surface area contributed by atoms with E-state index in [0.717, 1.165) is 5.01 Å². The largest absolute Gasteiger partial charge is 0.462 e. The molecule has 18 heavy (non-hydrogen) atoms. The number of thiazole rings is 1. The third-order valence-electron chi connectivity index (χ3n) is 3.16.